The molecule has 0 unspecified atom stereocenters. The lowest BCUT2D eigenvalue weighted by molar-refractivity contribution is -0.148. The Morgan fingerprint density at radius 3 is 1.55 bits per heavy atom. The number of piperazine rings is 2. The minimum atomic E-state index is -1.00. The lowest BCUT2D eigenvalue weighted by atomic mass is 10.1. The van der Waals surface area contributed by atoms with Crippen LogP contribution in [-0.2, 0) is 27.4 Å². The van der Waals surface area contributed by atoms with Crippen LogP contribution in [0.2, 0.25) is 0 Å². The van der Waals surface area contributed by atoms with Gasteiger partial charge in [0.15, 0.2) is 0 Å². The van der Waals surface area contributed by atoms with E-state index >= 15 is 0 Å². The SMILES string of the molecule is CN1CCN(CCN2Cc3cc(/C=C/C(=O)O)cnc3NC2=O)CC1.CN1CCN(CCN2Cc3cc(/C=C/C(=O)OC(C)(C)C)cnc3NC2=O)CC1.Cl. The molecule has 55 heavy (non-hydrogen) atoms. The summed E-state index contributed by atoms with van der Waals surface area (Å²) in [5.74, 6) is -0.259. The summed E-state index contributed by atoms with van der Waals surface area (Å²) in [6, 6.07) is 3.56. The standard InChI is InChI=1S/C21H31N5O3.C17H23N5O3.ClH/c1-21(2,3)29-18(27)6-5-16-13-17-15-26(20(28)23-19(17)22-14-16)12-11-25-9-7-24(4)8-10-25;1-20-4-6-21(7-5-20)8-9-22-12-14-10-13(2-3-15(23)24)11-18-16(14)19-17(22)25;/h5-6,13-14H,7-12,15H2,1-4H3,(H,22,23,28);2-3,10-11H,4-9,12H2,1H3,(H,23,24)(H,18,19,25);1H/b6-5+;3-2+;. The Morgan fingerprint density at radius 1 is 0.727 bits per heavy atom. The predicted octanol–water partition coefficient (Wildman–Crippen LogP) is 3.23. The van der Waals surface area contributed by atoms with E-state index in [2.05, 4.69) is 54.3 Å². The van der Waals surface area contributed by atoms with Crippen molar-refractivity contribution in [2.75, 3.05) is 103 Å². The minimum Gasteiger partial charge on any atom is -0.478 e. The highest BCUT2D eigenvalue weighted by Gasteiger charge is 2.26. The number of ether oxygens (including phenoxy) is 1. The number of amides is 4. The van der Waals surface area contributed by atoms with E-state index < -0.39 is 17.5 Å². The van der Waals surface area contributed by atoms with Crippen molar-refractivity contribution in [1.82, 2.24) is 39.4 Å². The first-order valence-corrected chi connectivity index (χ1v) is 18.4. The zero-order chi connectivity index (χ0) is 38.8. The normalized spacial score (nSPS) is 18.5. The molecule has 2 aromatic heterocycles. The third-order valence-corrected chi connectivity index (χ3v) is 9.52. The van der Waals surface area contributed by atoms with Gasteiger partial charge in [-0.3, -0.25) is 20.4 Å². The van der Waals surface area contributed by atoms with Crippen LogP contribution in [0.3, 0.4) is 0 Å². The summed E-state index contributed by atoms with van der Waals surface area (Å²) in [4.78, 5) is 68.6. The van der Waals surface area contributed by atoms with Crippen LogP contribution >= 0.6 is 12.4 Å². The number of nitrogens with zero attached hydrogens (tertiary/aromatic N) is 8. The number of aromatic nitrogens is 2. The van der Waals surface area contributed by atoms with Crippen LogP contribution in [0.1, 0.15) is 43.0 Å². The minimum absolute atomic E-state index is 0. The third-order valence-electron chi connectivity index (χ3n) is 9.52. The van der Waals surface area contributed by atoms with Crippen molar-refractivity contribution < 1.29 is 29.0 Å². The van der Waals surface area contributed by atoms with Crippen LogP contribution in [0, 0.1) is 0 Å². The molecule has 4 aliphatic rings. The number of esters is 1. The van der Waals surface area contributed by atoms with E-state index in [1.165, 1.54) is 12.2 Å². The molecule has 3 N–H and O–H groups in total. The van der Waals surface area contributed by atoms with Gasteiger partial charge < -0.3 is 29.4 Å². The maximum Gasteiger partial charge on any atom is 0.331 e. The van der Waals surface area contributed by atoms with Gasteiger partial charge in [0.1, 0.15) is 17.2 Å². The summed E-state index contributed by atoms with van der Waals surface area (Å²) >= 11 is 0. The van der Waals surface area contributed by atoms with Crippen LogP contribution < -0.4 is 10.6 Å². The molecule has 6 heterocycles. The molecule has 6 rings (SSSR count). The molecule has 4 amide bonds. The highest BCUT2D eigenvalue weighted by Crippen LogP contribution is 2.24. The van der Waals surface area contributed by atoms with E-state index in [9.17, 15) is 19.2 Å². The highest BCUT2D eigenvalue weighted by atomic mass is 35.5. The number of fused-ring (bicyclic) bond motifs is 2. The Bertz CT molecular complexity index is 1720. The summed E-state index contributed by atoms with van der Waals surface area (Å²) < 4.78 is 5.28. The van der Waals surface area contributed by atoms with Gasteiger partial charge in [0.2, 0.25) is 0 Å². The van der Waals surface area contributed by atoms with E-state index in [0.717, 1.165) is 88.2 Å². The van der Waals surface area contributed by atoms with Crippen LogP contribution in [0.4, 0.5) is 21.2 Å². The molecular weight excluding hydrogens is 728 g/mol. The van der Waals surface area contributed by atoms with Crippen molar-refractivity contribution in [1.29, 1.82) is 0 Å². The van der Waals surface area contributed by atoms with Crippen molar-refractivity contribution in [3.05, 3.63) is 58.9 Å². The lowest BCUT2D eigenvalue weighted by Gasteiger charge is -2.35. The summed E-state index contributed by atoms with van der Waals surface area (Å²) in [6.07, 6.45) is 8.86. The summed E-state index contributed by atoms with van der Waals surface area (Å²) in [7, 11) is 4.25. The first-order valence-electron chi connectivity index (χ1n) is 18.4. The fourth-order valence-electron chi connectivity index (χ4n) is 6.32. The summed E-state index contributed by atoms with van der Waals surface area (Å²) in [5.41, 5.74) is 2.81. The van der Waals surface area contributed by atoms with E-state index in [0.29, 0.717) is 43.4 Å². The molecule has 2 aromatic rings. The Hall–Kier alpha value is -4.61. The number of anilines is 2. The van der Waals surface area contributed by atoms with Crippen molar-refractivity contribution >= 4 is 60.2 Å². The Labute approximate surface area is 329 Å². The number of hydrogen-bond acceptors (Lipinski definition) is 11. The van der Waals surface area contributed by atoms with Gasteiger partial charge in [-0.2, -0.15) is 0 Å². The molecule has 0 bridgehead atoms. The average Bonchev–Trinajstić information content (AvgIpc) is 3.12. The highest BCUT2D eigenvalue weighted by molar-refractivity contribution is 5.92. The number of aliphatic carboxylic acids is 1. The molecule has 2 fully saturated rings. The molecule has 16 nitrogen and oxygen atoms in total. The second-order valence-electron chi connectivity index (χ2n) is 15.1. The van der Waals surface area contributed by atoms with Crippen molar-refractivity contribution in [2.24, 2.45) is 0 Å². The van der Waals surface area contributed by atoms with Crippen molar-refractivity contribution in [3.8, 4) is 0 Å². The zero-order valence-corrected chi connectivity index (χ0v) is 33.3. The fraction of sp³-hybridized carbons (Fsp3) is 0.526. The number of rotatable bonds is 10. The molecule has 0 saturated carbocycles. The number of urea groups is 2. The molecule has 0 radical (unpaired) electrons. The molecule has 300 valence electrons. The number of hydrogen-bond donors (Lipinski definition) is 3. The van der Waals surface area contributed by atoms with Gasteiger partial charge in [-0.05, 0) is 70.3 Å². The van der Waals surface area contributed by atoms with Crippen molar-refractivity contribution in [2.45, 2.75) is 39.5 Å². The summed E-state index contributed by atoms with van der Waals surface area (Å²) in [5, 5.41) is 14.4. The van der Waals surface area contributed by atoms with E-state index in [1.807, 2.05) is 37.8 Å². The van der Waals surface area contributed by atoms with Gasteiger partial charge in [-0.1, -0.05) is 0 Å². The lowest BCUT2D eigenvalue weighted by Crippen LogP contribution is -2.48. The van der Waals surface area contributed by atoms with Crippen LogP contribution in [-0.4, -0.2) is 167 Å². The monoisotopic (exact) mass is 782 g/mol. The molecule has 4 aliphatic heterocycles. The summed E-state index contributed by atoms with van der Waals surface area (Å²) in [6.45, 7) is 17.9. The van der Waals surface area contributed by atoms with Crippen LogP contribution in [0.15, 0.2) is 36.7 Å². The van der Waals surface area contributed by atoms with E-state index in [1.54, 1.807) is 23.4 Å². The maximum atomic E-state index is 12.4. The van der Waals surface area contributed by atoms with Gasteiger partial charge in [0.25, 0.3) is 0 Å². The average molecular weight is 783 g/mol. The first kappa shape index (κ1) is 43.1. The Kier molecular flexibility index (Phi) is 15.5. The van der Waals surface area contributed by atoms with Gasteiger partial charge in [0.05, 0.1) is 13.1 Å². The topological polar surface area (TPSA) is 167 Å². The van der Waals surface area contributed by atoms with Crippen LogP contribution in [0.5, 0.6) is 0 Å². The number of carboxylic acid groups (broad SMARTS) is 1. The molecule has 0 spiro atoms. The second kappa shape index (κ2) is 19.8. The fourth-order valence-corrected chi connectivity index (χ4v) is 6.32. The molecular formula is C38H55ClN10O6. The molecule has 17 heteroatoms. The van der Waals surface area contributed by atoms with Crippen molar-refractivity contribution in [3.63, 3.8) is 0 Å². The smallest absolute Gasteiger partial charge is 0.331 e. The number of carbonyl (C=O) groups excluding carboxylic acids is 3. The second-order valence-corrected chi connectivity index (χ2v) is 15.1. The molecule has 0 aromatic carbocycles. The molecule has 0 atom stereocenters. The Balaban J connectivity index is 0.000000243. The number of carboxylic acids is 1. The van der Waals surface area contributed by atoms with Gasteiger partial charge in [0, 0.05) is 114 Å². The number of likely N-dealkylation sites (N-methyl/N-ethyl adjacent to an activating group) is 2. The zero-order valence-electron chi connectivity index (χ0n) is 32.5. The molecule has 2 saturated heterocycles. The first-order chi connectivity index (χ1) is 25.7. The predicted molar refractivity (Wildman–Crippen MR) is 214 cm³/mol. The maximum absolute atomic E-state index is 12.4. The van der Waals surface area contributed by atoms with E-state index in [-0.39, 0.29) is 24.5 Å². The van der Waals surface area contributed by atoms with Gasteiger partial charge >= 0.3 is 24.0 Å². The third kappa shape index (κ3) is 13.6. The largest absolute Gasteiger partial charge is 0.478 e. The van der Waals surface area contributed by atoms with Gasteiger partial charge in [-0.15, -0.1) is 12.4 Å². The van der Waals surface area contributed by atoms with E-state index in [4.69, 9.17) is 9.84 Å². The quantitative estimate of drug-likeness (QED) is 0.238. The van der Waals surface area contributed by atoms with Crippen LogP contribution in [0.25, 0.3) is 12.2 Å². The number of carbonyl (C=O) groups is 4. The number of pyridine rings is 2. The number of halogens is 1. The van der Waals surface area contributed by atoms with Gasteiger partial charge in [-0.25, -0.2) is 29.1 Å². The molecule has 0 aliphatic carbocycles. The Morgan fingerprint density at radius 2 is 1.15 bits per heavy atom. The number of nitrogens with one attached hydrogen (secondary N) is 2.